The van der Waals surface area contributed by atoms with Crippen molar-refractivity contribution in [2.24, 2.45) is 11.7 Å². The number of carbonyl (C=O) groups excluding carboxylic acids is 1. The van der Waals surface area contributed by atoms with Gasteiger partial charge in [0.15, 0.2) is 0 Å². The zero-order chi connectivity index (χ0) is 28.5. The van der Waals surface area contributed by atoms with E-state index in [1.165, 1.54) is 5.56 Å². The number of likely N-dealkylation sites (tertiary alicyclic amines) is 1. The van der Waals surface area contributed by atoms with Gasteiger partial charge in [-0.15, -0.1) is 0 Å². The lowest BCUT2D eigenvalue weighted by molar-refractivity contribution is -0.164. The van der Waals surface area contributed by atoms with Crippen molar-refractivity contribution in [1.29, 1.82) is 0 Å². The van der Waals surface area contributed by atoms with Crippen molar-refractivity contribution >= 4 is 5.97 Å². The molecule has 0 bridgehead atoms. The topological polar surface area (TPSA) is 85.0 Å². The number of hydrogen-bond acceptors (Lipinski definition) is 6. The highest BCUT2D eigenvalue weighted by Crippen LogP contribution is 2.33. The van der Waals surface area contributed by atoms with Crippen LogP contribution in [0.1, 0.15) is 40.7 Å². The molecule has 212 valence electrons. The van der Waals surface area contributed by atoms with E-state index in [0.717, 1.165) is 43.6 Å². The van der Waals surface area contributed by atoms with Crippen LogP contribution in [0, 0.1) is 5.92 Å². The molecule has 1 atom stereocenters. The van der Waals surface area contributed by atoms with Gasteiger partial charge in [0.2, 0.25) is 5.60 Å². The van der Waals surface area contributed by atoms with Gasteiger partial charge in [-0.1, -0.05) is 97.1 Å². The number of hydrogen-bond donors (Lipinski definition) is 2. The number of carbonyl (C=O) groups is 1. The molecule has 0 saturated carbocycles. The average molecular weight is 551 g/mol. The van der Waals surface area contributed by atoms with Gasteiger partial charge in [0, 0.05) is 13.1 Å². The molecular weight excluding hydrogens is 512 g/mol. The number of esters is 1. The summed E-state index contributed by atoms with van der Waals surface area (Å²) in [5, 5.41) is 11.9. The lowest BCUT2D eigenvalue weighted by Gasteiger charge is -2.33. The molecule has 6 nitrogen and oxygen atoms in total. The normalized spacial score (nSPS) is 15.7. The number of aliphatic hydroxyl groups is 1. The Bertz CT molecular complexity index is 1370. The highest BCUT2D eigenvalue weighted by Gasteiger charge is 2.42. The lowest BCUT2D eigenvalue weighted by atomic mass is 9.86. The summed E-state index contributed by atoms with van der Waals surface area (Å²) < 4.78 is 11.8. The maximum absolute atomic E-state index is 13.5. The van der Waals surface area contributed by atoms with Crippen LogP contribution in [0.25, 0.3) is 0 Å². The van der Waals surface area contributed by atoms with Crippen molar-refractivity contribution < 1.29 is 19.4 Å². The predicted molar refractivity (Wildman–Crippen MR) is 160 cm³/mol. The first-order valence-corrected chi connectivity index (χ1v) is 14.3. The third-order valence-electron chi connectivity index (χ3n) is 7.83. The van der Waals surface area contributed by atoms with Crippen molar-refractivity contribution in [3.8, 4) is 5.75 Å². The van der Waals surface area contributed by atoms with Gasteiger partial charge in [0.25, 0.3) is 0 Å². The van der Waals surface area contributed by atoms with Crippen LogP contribution in [0.4, 0.5) is 0 Å². The van der Waals surface area contributed by atoms with Crippen molar-refractivity contribution in [3.05, 3.63) is 137 Å². The minimum absolute atomic E-state index is 0.265. The summed E-state index contributed by atoms with van der Waals surface area (Å²) in [5.41, 5.74) is 8.06. The Balaban J connectivity index is 1.21. The Morgan fingerprint density at radius 1 is 0.780 bits per heavy atom. The third-order valence-corrected chi connectivity index (χ3v) is 7.83. The fraction of sp³-hybridized carbons (Fsp3) is 0.286. The third kappa shape index (κ3) is 7.22. The molecule has 0 spiro atoms. The van der Waals surface area contributed by atoms with Gasteiger partial charge < -0.3 is 20.3 Å². The summed E-state index contributed by atoms with van der Waals surface area (Å²) in [7, 11) is 0. The Morgan fingerprint density at radius 3 is 2.00 bits per heavy atom. The molecule has 0 aliphatic carbocycles. The molecule has 0 radical (unpaired) electrons. The maximum Gasteiger partial charge on any atom is 0.347 e. The van der Waals surface area contributed by atoms with Gasteiger partial charge in [-0.25, -0.2) is 4.79 Å². The van der Waals surface area contributed by atoms with Crippen molar-refractivity contribution in [3.63, 3.8) is 0 Å². The van der Waals surface area contributed by atoms with Gasteiger partial charge in [-0.3, -0.25) is 4.90 Å². The average Bonchev–Trinajstić information content (AvgIpc) is 3.04. The summed E-state index contributed by atoms with van der Waals surface area (Å²) in [6.45, 7) is 4.04. The van der Waals surface area contributed by atoms with E-state index in [1.807, 2.05) is 48.5 Å². The van der Waals surface area contributed by atoms with Gasteiger partial charge in [-0.05, 0) is 71.8 Å². The minimum Gasteiger partial charge on any atom is -0.489 e. The van der Waals surface area contributed by atoms with E-state index in [2.05, 4.69) is 29.2 Å². The van der Waals surface area contributed by atoms with Crippen molar-refractivity contribution in [1.82, 2.24) is 4.90 Å². The fourth-order valence-electron chi connectivity index (χ4n) is 5.26. The van der Waals surface area contributed by atoms with Gasteiger partial charge in [-0.2, -0.15) is 0 Å². The standard InChI is InChI=1S/C35H38N2O4/c36-23-27-11-13-29(14-12-27)25-40-33-17-15-32(16-18-33)35(39,31-9-5-2-6-10-31)34(38)41-26-30-19-21-37(22-20-30)24-28-7-3-1-4-8-28/h1-18,30,39H,19-26,36H2. The molecule has 0 amide bonds. The first-order chi connectivity index (χ1) is 20.0. The first-order valence-electron chi connectivity index (χ1n) is 14.3. The highest BCUT2D eigenvalue weighted by atomic mass is 16.5. The van der Waals surface area contributed by atoms with Crippen LogP contribution in [0.3, 0.4) is 0 Å². The fourth-order valence-corrected chi connectivity index (χ4v) is 5.26. The van der Waals surface area contributed by atoms with Gasteiger partial charge in [0.1, 0.15) is 12.4 Å². The Labute approximate surface area is 242 Å². The van der Waals surface area contributed by atoms with Crippen molar-refractivity contribution in [2.75, 3.05) is 19.7 Å². The Hall–Kier alpha value is -3.97. The second-order valence-electron chi connectivity index (χ2n) is 10.7. The number of rotatable bonds is 11. The van der Waals surface area contributed by atoms with Gasteiger partial charge in [0.05, 0.1) is 6.61 Å². The van der Waals surface area contributed by atoms with Crippen molar-refractivity contribution in [2.45, 2.75) is 38.1 Å². The van der Waals surface area contributed by atoms with E-state index in [-0.39, 0.29) is 12.5 Å². The zero-order valence-electron chi connectivity index (χ0n) is 23.3. The summed E-state index contributed by atoms with van der Waals surface area (Å²) >= 11 is 0. The SMILES string of the molecule is NCc1ccc(COc2ccc(C(O)(C(=O)OCC3CCN(Cc4ccccc4)CC3)c3ccccc3)cc2)cc1. The molecule has 1 aliphatic heterocycles. The molecule has 4 aromatic carbocycles. The number of nitrogens with zero attached hydrogens (tertiary/aromatic N) is 1. The summed E-state index contributed by atoms with van der Waals surface area (Å²) in [4.78, 5) is 16.0. The Kier molecular flexibility index (Phi) is 9.47. The van der Waals surface area contributed by atoms with Crippen LogP contribution in [0.2, 0.25) is 0 Å². The van der Waals surface area contributed by atoms with E-state index in [0.29, 0.717) is 30.0 Å². The number of nitrogens with two attached hydrogens (primary N) is 1. The summed E-state index contributed by atoms with van der Waals surface area (Å²) in [6, 6.07) is 34.4. The van der Waals surface area contributed by atoms with Crippen LogP contribution in [-0.4, -0.2) is 35.7 Å². The van der Waals surface area contributed by atoms with E-state index < -0.39 is 11.6 Å². The summed E-state index contributed by atoms with van der Waals surface area (Å²) in [6.07, 6.45) is 1.90. The number of benzene rings is 4. The van der Waals surface area contributed by atoms with E-state index >= 15 is 0 Å². The monoisotopic (exact) mass is 550 g/mol. The largest absolute Gasteiger partial charge is 0.489 e. The quantitative estimate of drug-likeness (QED) is 0.243. The molecule has 5 rings (SSSR count). The van der Waals surface area contributed by atoms with Crippen LogP contribution in [0.5, 0.6) is 5.75 Å². The molecule has 1 aliphatic rings. The number of ether oxygens (including phenoxy) is 2. The second-order valence-corrected chi connectivity index (χ2v) is 10.7. The van der Waals surface area contributed by atoms with Crippen LogP contribution < -0.4 is 10.5 Å². The maximum atomic E-state index is 13.5. The van der Waals surface area contributed by atoms with E-state index in [1.54, 1.807) is 36.4 Å². The zero-order valence-corrected chi connectivity index (χ0v) is 23.3. The smallest absolute Gasteiger partial charge is 0.347 e. The highest BCUT2D eigenvalue weighted by molar-refractivity contribution is 5.85. The molecule has 41 heavy (non-hydrogen) atoms. The molecule has 6 heteroatoms. The molecule has 1 heterocycles. The predicted octanol–water partition coefficient (Wildman–Crippen LogP) is 5.42. The summed E-state index contributed by atoms with van der Waals surface area (Å²) in [5.74, 6) is 0.243. The molecule has 1 saturated heterocycles. The molecule has 1 fully saturated rings. The van der Waals surface area contributed by atoms with Crippen LogP contribution in [0.15, 0.2) is 109 Å². The Morgan fingerprint density at radius 2 is 1.37 bits per heavy atom. The molecule has 1 unspecified atom stereocenters. The lowest BCUT2D eigenvalue weighted by Crippen LogP contribution is -2.40. The van der Waals surface area contributed by atoms with Gasteiger partial charge >= 0.3 is 5.97 Å². The van der Waals surface area contributed by atoms with Crippen LogP contribution >= 0.6 is 0 Å². The molecule has 0 aromatic heterocycles. The van der Waals surface area contributed by atoms with E-state index in [9.17, 15) is 9.90 Å². The second kappa shape index (κ2) is 13.6. The molecular formula is C35H38N2O4. The molecule has 3 N–H and O–H groups in total. The van der Waals surface area contributed by atoms with Crippen LogP contribution in [-0.2, 0) is 34.8 Å². The first kappa shape index (κ1) is 28.6. The van der Waals surface area contributed by atoms with E-state index in [4.69, 9.17) is 15.2 Å². The minimum atomic E-state index is -1.92. The molecule has 4 aromatic rings. The number of piperidine rings is 1.